The van der Waals surface area contributed by atoms with E-state index in [0.717, 1.165) is 25.2 Å². The van der Waals surface area contributed by atoms with E-state index in [2.05, 4.69) is 4.90 Å². The fraction of sp³-hybridized carbons (Fsp3) is 0.533. The molecule has 1 heterocycles. The maximum atomic E-state index is 11.4. The third kappa shape index (κ3) is 3.11. The Hall–Kier alpha value is -0.770. The lowest BCUT2D eigenvalue weighted by Gasteiger charge is -2.38. The van der Waals surface area contributed by atoms with Crippen molar-refractivity contribution in [1.29, 1.82) is 0 Å². The van der Waals surface area contributed by atoms with Crippen molar-refractivity contribution in [3.63, 3.8) is 0 Å². The van der Waals surface area contributed by atoms with E-state index >= 15 is 0 Å². The zero-order valence-corrected chi connectivity index (χ0v) is 13.0. The van der Waals surface area contributed by atoms with Crippen LogP contribution in [0.4, 0.5) is 0 Å². The van der Waals surface area contributed by atoms with E-state index in [9.17, 15) is 9.90 Å². The summed E-state index contributed by atoms with van der Waals surface area (Å²) in [5, 5.41) is 10.5. The molecule has 0 amide bonds. The number of hydrogen-bond donors (Lipinski definition) is 1. The van der Waals surface area contributed by atoms with Crippen LogP contribution in [0.25, 0.3) is 0 Å². The molecule has 5 heteroatoms. The molecule has 0 aromatic heterocycles. The molecule has 1 saturated heterocycles. The molecule has 1 aliphatic rings. The number of aliphatic carboxylic acids is 1. The van der Waals surface area contributed by atoms with Gasteiger partial charge in [-0.1, -0.05) is 42.3 Å². The molecule has 1 aromatic rings. The maximum absolute atomic E-state index is 11.4. The Bertz CT molecular complexity index is 497. The first-order valence-electron chi connectivity index (χ1n) is 6.87. The van der Waals surface area contributed by atoms with Crippen LogP contribution in [0.1, 0.15) is 31.7 Å². The highest BCUT2D eigenvalue weighted by Gasteiger charge is 2.39. The number of carboxylic acid groups (broad SMARTS) is 1. The Morgan fingerprint density at radius 2 is 2.00 bits per heavy atom. The molecule has 0 saturated carbocycles. The van der Waals surface area contributed by atoms with Crippen LogP contribution in [0.5, 0.6) is 0 Å². The summed E-state index contributed by atoms with van der Waals surface area (Å²) in [6.45, 7) is 4.24. The number of benzene rings is 1. The summed E-state index contributed by atoms with van der Waals surface area (Å²) < 4.78 is 0. The standard InChI is InChI=1S/C15H19Cl2NO2/c1-2-15(14(19)20)6-8-18(9-7-15)10-11-4-3-5-12(16)13(11)17/h3-5H,2,6-10H2,1H3,(H,19,20). The first kappa shape index (κ1) is 15.6. The number of nitrogens with zero attached hydrogens (tertiary/aromatic N) is 1. The number of likely N-dealkylation sites (tertiary alicyclic amines) is 1. The largest absolute Gasteiger partial charge is 0.481 e. The fourth-order valence-electron chi connectivity index (χ4n) is 2.77. The van der Waals surface area contributed by atoms with Crippen molar-refractivity contribution in [2.24, 2.45) is 5.41 Å². The number of halogens is 2. The van der Waals surface area contributed by atoms with Crippen LogP contribution in [0.15, 0.2) is 18.2 Å². The minimum absolute atomic E-state index is 0.547. The molecule has 1 N–H and O–H groups in total. The number of piperidine rings is 1. The van der Waals surface area contributed by atoms with E-state index < -0.39 is 11.4 Å². The van der Waals surface area contributed by atoms with Gasteiger partial charge in [0.05, 0.1) is 15.5 Å². The predicted molar refractivity (Wildman–Crippen MR) is 81.3 cm³/mol. The summed E-state index contributed by atoms with van der Waals surface area (Å²) in [5.74, 6) is -0.666. The van der Waals surface area contributed by atoms with Crippen molar-refractivity contribution in [3.05, 3.63) is 33.8 Å². The van der Waals surface area contributed by atoms with Gasteiger partial charge < -0.3 is 5.11 Å². The normalized spacial score (nSPS) is 18.9. The van der Waals surface area contributed by atoms with Gasteiger partial charge in [-0.2, -0.15) is 0 Å². The van der Waals surface area contributed by atoms with Crippen LogP contribution in [-0.4, -0.2) is 29.1 Å². The second kappa shape index (κ2) is 6.33. The highest BCUT2D eigenvalue weighted by molar-refractivity contribution is 6.42. The lowest BCUT2D eigenvalue weighted by molar-refractivity contribution is -0.152. The molecular formula is C15H19Cl2NO2. The molecule has 0 unspecified atom stereocenters. The van der Waals surface area contributed by atoms with Gasteiger partial charge >= 0.3 is 5.97 Å². The molecule has 2 rings (SSSR count). The van der Waals surface area contributed by atoms with Crippen molar-refractivity contribution in [2.75, 3.05) is 13.1 Å². The van der Waals surface area contributed by atoms with Gasteiger partial charge in [-0.05, 0) is 44.0 Å². The Morgan fingerprint density at radius 1 is 1.35 bits per heavy atom. The van der Waals surface area contributed by atoms with Crippen molar-refractivity contribution < 1.29 is 9.90 Å². The van der Waals surface area contributed by atoms with Crippen LogP contribution in [0.3, 0.4) is 0 Å². The lowest BCUT2D eigenvalue weighted by atomic mass is 9.76. The predicted octanol–water partition coefficient (Wildman–Crippen LogP) is 4.07. The SMILES string of the molecule is CCC1(C(=O)O)CCN(Cc2cccc(Cl)c2Cl)CC1. The summed E-state index contributed by atoms with van der Waals surface area (Å²) in [5.41, 5.74) is 0.452. The van der Waals surface area contributed by atoms with Crippen molar-refractivity contribution >= 4 is 29.2 Å². The molecule has 3 nitrogen and oxygen atoms in total. The smallest absolute Gasteiger partial charge is 0.309 e. The Kier molecular flexibility index (Phi) is 4.95. The molecule has 110 valence electrons. The number of carbonyl (C=O) groups is 1. The van der Waals surface area contributed by atoms with Crippen LogP contribution in [-0.2, 0) is 11.3 Å². The van der Waals surface area contributed by atoms with Gasteiger partial charge in [0, 0.05) is 6.54 Å². The van der Waals surface area contributed by atoms with Crippen LogP contribution < -0.4 is 0 Å². The van der Waals surface area contributed by atoms with Gasteiger partial charge in [-0.15, -0.1) is 0 Å². The first-order valence-corrected chi connectivity index (χ1v) is 7.63. The van der Waals surface area contributed by atoms with Gasteiger partial charge in [0.1, 0.15) is 0 Å². The van der Waals surface area contributed by atoms with Gasteiger partial charge in [-0.25, -0.2) is 0 Å². The molecule has 1 aliphatic heterocycles. The summed E-state index contributed by atoms with van der Waals surface area (Å²) in [6.07, 6.45) is 2.07. The molecule has 1 aromatic carbocycles. The number of rotatable bonds is 4. The average Bonchev–Trinajstić information content (AvgIpc) is 2.44. The van der Waals surface area contributed by atoms with Crippen molar-refractivity contribution in [2.45, 2.75) is 32.7 Å². The van der Waals surface area contributed by atoms with Crippen LogP contribution in [0.2, 0.25) is 10.0 Å². The van der Waals surface area contributed by atoms with Crippen LogP contribution >= 0.6 is 23.2 Å². The molecule has 20 heavy (non-hydrogen) atoms. The first-order chi connectivity index (χ1) is 9.48. The van der Waals surface area contributed by atoms with Crippen molar-refractivity contribution in [3.8, 4) is 0 Å². The molecule has 1 fully saturated rings. The highest BCUT2D eigenvalue weighted by Crippen LogP contribution is 2.36. The average molecular weight is 316 g/mol. The third-order valence-electron chi connectivity index (χ3n) is 4.37. The second-order valence-corrected chi connectivity index (χ2v) is 6.21. The van der Waals surface area contributed by atoms with Gasteiger partial charge in [0.15, 0.2) is 0 Å². The molecule has 0 aliphatic carbocycles. The van der Waals surface area contributed by atoms with Crippen molar-refractivity contribution in [1.82, 2.24) is 4.90 Å². The Labute approximate surface area is 129 Å². The van der Waals surface area contributed by atoms with Gasteiger partial charge in [0.25, 0.3) is 0 Å². The summed E-state index contributed by atoms with van der Waals surface area (Å²) in [4.78, 5) is 13.7. The van der Waals surface area contributed by atoms with E-state index in [1.54, 1.807) is 6.07 Å². The minimum atomic E-state index is -0.666. The summed E-state index contributed by atoms with van der Waals surface area (Å²) in [6, 6.07) is 5.63. The molecule has 0 spiro atoms. The topological polar surface area (TPSA) is 40.5 Å². The van der Waals surface area contributed by atoms with Gasteiger partial charge in [0.2, 0.25) is 0 Å². The van der Waals surface area contributed by atoms with E-state index in [1.165, 1.54) is 0 Å². The minimum Gasteiger partial charge on any atom is -0.481 e. The van der Waals surface area contributed by atoms with E-state index in [-0.39, 0.29) is 0 Å². The zero-order chi connectivity index (χ0) is 14.8. The van der Waals surface area contributed by atoms with Crippen LogP contribution in [0, 0.1) is 5.41 Å². The summed E-state index contributed by atoms with van der Waals surface area (Å²) in [7, 11) is 0. The van der Waals surface area contributed by atoms with E-state index in [1.807, 2.05) is 19.1 Å². The summed E-state index contributed by atoms with van der Waals surface area (Å²) >= 11 is 12.2. The highest BCUT2D eigenvalue weighted by atomic mass is 35.5. The number of hydrogen-bond acceptors (Lipinski definition) is 2. The van der Waals surface area contributed by atoms with E-state index in [0.29, 0.717) is 29.3 Å². The fourth-order valence-corrected chi connectivity index (χ4v) is 3.15. The number of carboxylic acids is 1. The van der Waals surface area contributed by atoms with E-state index in [4.69, 9.17) is 23.2 Å². The molecule has 0 radical (unpaired) electrons. The molecule has 0 bridgehead atoms. The molecular weight excluding hydrogens is 297 g/mol. The molecule has 0 atom stereocenters. The maximum Gasteiger partial charge on any atom is 0.309 e. The third-order valence-corrected chi connectivity index (χ3v) is 5.23. The quantitative estimate of drug-likeness (QED) is 0.910. The Balaban J connectivity index is 2.01. The second-order valence-electron chi connectivity index (χ2n) is 5.43. The Morgan fingerprint density at radius 3 is 2.55 bits per heavy atom. The lowest BCUT2D eigenvalue weighted by Crippen LogP contribution is -2.43. The van der Waals surface area contributed by atoms with Gasteiger partial charge in [-0.3, -0.25) is 9.69 Å². The zero-order valence-electron chi connectivity index (χ0n) is 11.5. The monoisotopic (exact) mass is 315 g/mol.